The minimum Gasteiger partial charge on any atom is -0.336 e. The second kappa shape index (κ2) is 6.11. The first-order valence-electron chi connectivity index (χ1n) is 8.44. The van der Waals surface area contributed by atoms with E-state index in [-0.39, 0.29) is 5.91 Å². The molecule has 4 heteroatoms. The van der Waals surface area contributed by atoms with E-state index in [1.807, 2.05) is 18.3 Å². The summed E-state index contributed by atoms with van der Waals surface area (Å²) in [5.74, 6) is 0.166. The lowest BCUT2D eigenvalue weighted by molar-refractivity contribution is 0.0607. The highest BCUT2D eigenvalue weighted by Gasteiger charge is 2.26. The van der Waals surface area contributed by atoms with Crippen molar-refractivity contribution in [3.05, 3.63) is 35.3 Å². The minimum atomic E-state index is 0.166. The lowest BCUT2D eigenvalue weighted by atomic mass is 9.99. The molecule has 3 heterocycles. The SMILES string of the molecule is CCc1nc2ccc(C(=O)N3CCCCC3CC)cn2c1C. The molecule has 2 aromatic heterocycles. The van der Waals surface area contributed by atoms with Crippen molar-refractivity contribution in [3.63, 3.8) is 0 Å². The van der Waals surface area contributed by atoms with Gasteiger partial charge in [-0.05, 0) is 51.2 Å². The summed E-state index contributed by atoms with van der Waals surface area (Å²) in [5, 5.41) is 0. The molecule has 0 aliphatic carbocycles. The number of rotatable bonds is 3. The molecule has 1 amide bonds. The van der Waals surface area contributed by atoms with Crippen LogP contribution < -0.4 is 0 Å². The maximum Gasteiger partial charge on any atom is 0.255 e. The zero-order valence-electron chi connectivity index (χ0n) is 13.8. The second-order valence-corrected chi connectivity index (χ2v) is 6.20. The van der Waals surface area contributed by atoms with E-state index in [1.165, 1.54) is 6.42 Å². The largest absolute Gasteiger partial charge is 0.336 e. The van der Waals surface area contributed by atoms with Gasteiger partial charge < -0.3 is 9.30 Å². The topological polar surface area (TPSA) is 37.6 Å². The van der Waals surface area contributed by atoms with E-state index in [2.05, 4.69) is 35.1 Å². The Hall–Kier alpha value is -1.84. The molecule has 1 saturated heterocycles. The Kier molecular flexibility index (Phi) is 4.19. The smallest absolute Gasteiger partial charge is 0.255 e. The van der Waals surface area contributed by atoms with Crippen molar-refractivity contribution >= 4 is 11.6 Å². The summed E-state index contributed by atoms with van der Waals surface area (Å²) < 4.78 is 2.05. The summed E-state index contributed by atoms with van der Waals surface area (Å²) in [5.41, 5.74) is 3.94. The van der Waals surface area contributed by atoms with Crippen LogP contribution in [0.5, 0.6) is 0 Å². The number of carbonyl (C=O) groups excluding carboxylic acids is 1. The van der Waals surface area contributed by atoms with E-state index in [0.717, 1.165) is 54.8 Å². The van der Waals surface area contributed by atoms with Gasteiger partial charge >= 0.3 is 0 Å². The summed E-state index contributed by atoms with van der Waals surface area (Å²) in [6, 6.07) is 4.28. The average Bonchev–Trinajstić information content (AvgIpc) is 2.89. The lowest BCUT2D eigenvalue weighted by Crippen LogP contribution is -2.43. The number of pyridine rings is 1. The quantitative estimate of drug-likeness (QED) is 0.868. The van der Waals surface area contributed by atoms with E-state index >= 15 is 0 Å². The van der Waals surface area contributed by atoms with Gasteiger partial charge in [0.05, 0.1) is 11.3 Å². The van der Waals surface area contributed by atoms with Gasteiger partial charge in [0.25, 0.3) is 5.91 Å². The summed E-state index contributed by atoms with van der Waals surface area (Å²) >= 11 is 0. The van der Waals surface area contributed by atoms with Gasteiger partial charge in [-0.2, -0.15) is 0 Å². The number of piperidine rings is 1. The average molecular weight is 299 g/mol. The number of aromatic nitrogens is 2. The van der Waals surface area contributed by atoms with Crippen LogP contribution in [0.2, 0.25) is 0 Å². The van der Waals surface area contributed by atoms with Crippen LogP contribution >= 0.6 is 0 Å². The number of hydrogen-bond acceptors (Lipinski definition) is 2. The molecule has 1 aliphatic heterocycles. The van der Waals surface area contributed by atoms with Crippen LogP contribution in [-0.4, -0.2) is 32.8 Å². The fraction of sp³-hybridized carbons (Fsp3) is 0.556. The molecule has 0 N–H and O–H groups in total. The van der Waals surface area contributed by atoms with Crippen molar-refractivity contribution in [2.24, 2.45) is 0 Å². The first kappa shape index (κ1) is 15.1. The van der Waals surface area contributed by atoms with E-state index in [0.29, 0.717) is 6.04 Å². The summed E-state index contributed by atoms with van der Waals surface area (Å²) in [6.45, 7) is 7.24. The monoisotopic (exact) mass is 299 g/mol. The highest BCUT2D eigenvalue weighted by molar-refractivity contribution is 5.94. The van der Waals surface area contributed by atoms with Crippen molar-refractivity contribution in [3.8, 4) is 0 Å². The van der Waals surface area contributed by atoms with Gasteiger partial charge in [-0.25, -0.2) is 4.98 Å². The van der Waals surface area contributed by atoms with Crippen LogP contribution in [0.15, 0.2) is 18.3 Å². The number of likely N-dealkylation sites (tertiary alicyclic amines) is 1. The lowest BCUT2D eigenvalue weighted by Gasteiger charge is -2.35. The minimum absolute atomic E-state index is 0.166. The second-order valence-electron chi connectivity index (χ2n) is 6.20. The van der Waals surface area contributed by atoms with Crippen molar-refractivity contribution in [2.75, 3.05) is 6.54 Å². The van der Waals surface area contributed by atoms with Gasteiger partial charge in [0.2, 0.25) is 0 Å². The predicted octanol–water partition coefficient (Wildman–Crippen LogP) is 3.61. The Morgan fingerprint density at radius 1 is 1.32 bits per heavy atom. The molecule has 4 nitrogen and oxygen atoms in total. The number of imidazole rings is 1. The Bertz CT molecular complexity index is 689. The van der Waals surface area contributed by atoms with Gasteiger partial charge in [-0.3, -0.25) is 4.79 Å². The third kappa shape index (κ3) is 2.51. The fourth-order valence-corrected chi connectivity index (χ4v) is 3.53. The normalized spacial score (nSPS) is 18.9. The number of amides is 1. The molecule has 0 saturated carbocycles. The molecule has 22 heavy (non-hydrogen) atoms. The van der Waals surface area contributed by atoms with Gasteiger partial charge in [-0.1, -0.05) is 13.8 Å². The van der Waals surface area contributed by atoms with Gasteiger partial charge in [0.15, 0.2) is 0 Å². The van der Waals surface area contributed by atoms with Crippen molar-refractivity contribution in [1.82, 2.24) is 14.3 Å². The third-order valence-electron chi connectivity index (χ3n) is 4.90. The highest BCUT2D eigenvalue weighted by atomic mass is 16.2. The van der Waals surface area contributed by atoms with E-state index in [9.17, 15) is 4.79 Å². The molecule has 118 valence electrons. The van der Waals surface area contributed by atoms with Gasteiger partial charge in [0, 0.05) is 24.5 Å². The number of carbonyl (C=O) groups is 1. The van der Waals surface area contributed by atoms with Crippen LogP contribution in [0.3, 0.4) is 0 Å². The first-order valence-corrected chi connectivity index (χ1v) is 8.44. The number of hydrogen-bond donors (Lipinski definition) is 0. The van der Waals surface area contributed by atoms with E-state index < -0.39 is 0 Å². The molecule has 3 rings (SSSR count). The van der Waals surface area contributed by atoms with E-state index in [4.69, 9.17) is 0 Å². The summed E-state index contributed by atoms with van der Waals surface area (Å²) in [4.78, 5) is 19.6. The molecule has 0 spiro atoms. The standard InChI is InChI=1S/C18H25N3O/c1-4-15-8-6-7-11-20(15)18(22)14-9-10-17-19-16(5-2)13(3)21(17)12-14/h9-10,12,15H,4-8,11H2,1-3H3. The summed E-state index contributed by atoms with van der Waals surface area (Å²) in [7, 11) is 0. The Morgan fingerprint density at radius 3 is 2.86 bits per heavy atom. The van der Waals surface area contributed by atoms with Crippen molar-refractivity contribution in [1.29, 1.82) is 0 Å². The third-order valence-corrected chi connectivity index (χ3v) is 4.90. The Labute approximate surface area is 132 Å². The predicted molar refractivity (Wildman–Crippen MR) is 88.3 cm³/mol. The molecule has 0 bridgehead atoms. The molecular formula is C18H25N3O. The maximum atomic E-state index is 12.9. The maximum absolute atomic E-state index is 12.9. The van der Waals surface area contributed by atoms with E-state index in [1.54, 1.807) is 0 Å². The van der Waals surface area contributed by atoms with Crippen LogP contribution in [0.1, 0.15) is 61.3 Å². The highest BCUT2D eigenvalue weighted by Crippen LogP contribution is 2.22. The zero-order valence-corrected chi connectivity index (χ0v) is 13.8. The number of aryl methyl sites for hydroxylation is 2. The molecule has 0 radical (unpaired) electrons. The van der Waals surface area contributed by atoms with Gasteiger partial charge in [-0.15, -0.1) is 0 Å². The van der Waals surface area contributed by atoms with Crippen LogP contribution in [0, 0.1) is 6.92 Å². The van der Waals surface area contributed by atoms with Crippen LogP contribution in [0.25, 0.3) is 5.65 Å². The molecule has 1 unspecified atom stereocenters. The van der Waals surface area contributed by atoms with Crippen molar-refractivity contribution in [2.45, 2.75) is 58.9 Å². The number of fused-ring (bicyclic) bond motifs is 1. The van der Waals surface area contributed by atoms with Crippen LogP contribution in [-0.2, 0) is 6.42 Å². The molecular weight excluding hydrogens is 274 g/mol. The molecule has 1 atom stereocenters. The zero-order chi connectivity index (χ0) is 15.7. The van der Waals surface area contributed by atoms with Crippen LogP contribution in [0.4, 0.5) is 0 Å². The molecule has 0 aromatic carbocycles. The molecule has 1 aliphatic rings. The first-order chi connectivity index (χ1) is 10.7. The number of nitrogens with zero attached hydrogens (tertiary/aromatic N) is 3. The molecule has 1 fully saturated rings. The fourth-order valence-electron chi connectivity index (χ4n) is 3.53. The summed E-state index contributed by atoms with van der Waals surface area (Å²) in [6.07, 6.45) is 7.41. The Morgan fingerprint density at radius 2 is 2.14 bits per heavy atom. The van der Waals surface area contributed by atoms with Crippen molar-refractivity contribution < 1.29 is 4.79 Å². The Balaban J connectivity index is 1.95. The molecule has 2 aromatic rings. The van der Waals surface area contributed by atoms with Gasteiger partial charge in [0.1, 0.15) is 5.65 Å².